The van der Waals surface area contributed by atoms with Crippen molar-refractivity contribution in [3.63, 3.8) is 0 Å². The van der Waals surface area contributed by atoms with Crippen molar-refractivity contribution in [2.75, 3.05) is 6.61 Å². The van der Waals surface area contributed by atoms with Gasteiger partial charge in [0.2, 0.25) is 11.7 Å². The van der Waals surface area contributed by atoms with Gasteiger partial charge < -0.3 is 19.5 Å². The Hall–Kier alpha value is -3.35. The van der Waals surface area contributed by atoms with Crippen LogP contribution < -0.4 is 5.32 Å². The molecule has 0 saturated heterocycles. The molecule has 1 aromatic rings. The van der Waals surface area contributed by atoms with Gasteiger partial charge in [0, 0.05) is 30.5 Å². The predicted octanol–water partition coefficient (Wildman–Crippen LogP) is 6.02. The highest BCUT2D eigenvalue weighted by Crippen LogP contribution is 2.66. The smallest absolute Gasteiger partial charge is 0.373 e. The lowest BCUT2D eigenvalue weighted by atomic mass is 9.47. The van der Waals surface area contributed by atoms with Crippen molar-refractivity contribution in [1.82, 2.24) is 5.32 Å². The second-order valence-corrected chi connectivity index (χ2v) is 12.9. The molecule has 0 bridgehead atoms. The molecule has 1 unspecified atom stereocenters. The molecule has 6 rings (SSSR count). The molecule has 7 atom stereocenters. The van der Waals surface area contributed by atoms with Crippen LogP contribution in [0.15, 0.2) is 65.1 Å². The van der Waals surface area contributed by atoms with Crippen molar-refractivity contribution in [3.8, 4) is 0 Å². The molecular weight excluding hydrogens is 518 g/mol. The summed E-state index contributed by atoms with van der Waals surface area (Å²) in [5.41, 5.74) is 4.07. The van der Waals surface area contributed by atoms with Crippen molar-refractivity contribution in [1.29, 1.82) is 0 Å². The summed E-state index contributed by atoms with van der Waals surface area (Å²) in [5, 5.41) is 3.20. The number of carbonyl (C=O) groups excluding carboxylic acids is 3. The van der Waals surface area contributed by atoms with Gasteiger partial charge in [-0.1, -0.05) is 43.7 Å². The van der Waals surface area contributed by atoms with E-state index in [1.165, 1.54) is 5.57 Å². The van der Waals surface area contributed by atoms with Crippen molar-refractivity contribution in [3.05, 3.63) is 70.6 Å². The van der Waals surface area contributed by atoms with Crippen LogP contribution in [-0.4, -0.2) is 36.7 Å². The maximum Gasteiger partial charge on any atom is 0.373 e. The van der Waals surface area contributed by atoms with Crippen LogP contribution in [0.25, 0.3) is 0 Å². The first-order valence-electron chi connectivity index (χ1n) is 15.2. The fourth-order valence-corrected chi connectivity index (χ4v) is 8.66. The van der Waals surface area contributed by atoms with E-state index >= 15 is 0 Å². The van der Waals surface area contributed by atoms with Crippen LogP contribution in [0.4, 0.5) is 0 Å². The third kappa shape index (κ3) is 4.71. The molecule has 1 N–H and O–H groups in total. The number of benzene rings is 1. The molecule has 1 heterocycles. The number of hydrogen-bond acceptors (Lipinski definition) is 6. The Kier molecular flexibility index (Phi) is 7.11. The van der Waals surface area contributed by atoms with Crippen LogP contribution in [0, 0.1) is 28.6 Å². The summed E-state index contributed by atoms with van der Waals surface area (Å²) >= 11 is 0. The van der Waals surface area contributed by atoms with Crippen LogP contribution in [-0.2, 0) is 23.8 Å². The number of hydrogen-bond donors (Lipinski definition) is 1. The van der Waals surface area contributed by atoms with E-state index < -0.39 is 5.97 Å². The fraction of sp³-hybridized carbons (Fsp3) is 0.559. The molecule has 218 valence electrons. The number of allylic oxidation sites excluding steroid dienone is 2. The molecule has 2 fully saturated rings. The summed E-state index contributed by atoms with van der Waals surface area (Å²) < 4.78 is 17.0. The molecule has 5 aliphatic rings. The summed E-state index contributed by atoms with van der Waals surface area (Å²) in [7, 11) is 0. The molecule has 0 aromatic heterocycles. The van der Waals surface area contributed by atoms with Crippen LogP contribution >= 0.6 is 0 Å². The number of rotatable bonds is 6. The average Bonchev–Trinajstić information content (AvgIpc) is 3.20. The SMILES string of the molecule is CCOC(=O)C1=CC(C2=C(NC(C)=O)[C@@]3(C)CC[C@H]4[C@@H](CC=C5C[C@@H](OC(=O)c6ccccc6)CC[C@@]54C)[C@@H]3C2)O1. The monoisotopic (exact) mass is 559 g/mol. The third-order valence-electron chi connectivity index (χ3n) is 10.7. The summed E-state index contributed by atoms with van der Waals surface area (Å²) in [6.45, 7) is 8.38. The first kappa shape index (κ1) is 27.8. The van der Waals surface area contributed by atoms with Gasteiger partial charge in [0.05, 0.1) is 12.2 Å². The van der Waals surface area contributed by atoms with Gasteiger partial charge in [-0.3, -0.25) is 4.79 Å². The minimum Gasteiger partial charge on any atom is -0.474 e. The zero-order valence-electron chi connectivity index (χ0n) is 24.5. The lowest BCUT2D eigenvalue weighted by Crippen LogP contribution is -2.51. The minimum atomic E-state index is -0.435. The zero-order chi connectivity index (χ0) is 28.9. The van der Waals surface area contributed by atoms with Crippen molar-refractivity contribution < 1.29 is 28.6 Å². The van der Waals surface area contributed by atoms with E-state index in [4.69, 9.17) is 14.2 Å². The summed E-state index contributed by atoms with van der Waals surface area (Å²) in [5.74, 6) is 0.914. The lowest BCUT2D eigenvalue weighted by Gasteiger charge is -2.57. The van der Waals surface area contributed by atoms with Crippen LogP contribution in [0.1, 0.15) is 83.0 Å². The first-order valence-corrected chi connectivity index (χ1v) is 15.2. The molecule has 41 heavy (non-hydrogen) atoms. The van der Waals surface area contributed by atoms with E-state index in [0.29, 0.717) is 29.9 Å². The van der Waals surface area contributed by atoms with Gasteiger partial charge in [0.25, 0.3) is 0 Å². The van der Waals surface area contributed by atoms with E-state index in [-0.39, 0.29) is 40.7 Å². The molecular formula is C34H41NO6. The molecule has 1 aromatic carbocycles. The van der Waals surface area contributed by atoms with Crippen molar-refractivity contribution >= 4 is 17.8 Å². The summed E-state index contributed by atoms with van der Waals surface area (Å²) in [6.07, 6.45) is 10.5. The molecule has 0 spiro atoms. The quantitative estimate of drug-likeness (QED) is 0.339. The van der Waals surface area contributed by atoms with Gasteiger partial charge in [-0.05, 0) is 86.3 Å². The molecule has 2 saturated carbocycles. The Labute approximate surface area is 242 Å². The van der Waals surface area contributed by atoms with Crippen LogP contribution in [0.5, 0.6) is 0 Å². The second kappa shape index (κ2) is 10.5. The standard InChI is InChI=1S/C34H41NO6/c1-5-39-32(38)29-19-28(41-29)25-18-27-24-12-11-22-17-23(40-31(37)21-9-7-6-8-10-21)13-15-33(22,3)26(24)14-16-34(27,4)30(25)35-20(2)36/h6-11,19,23-24,26-28H,5,12-18H2,1-4H3,(H,35,36)/t23-,24+,26-,27-,28?,33-,34-/m0/s1. The molecule has 4 aliphatic carbocycles. The Morgan fingerprint density at radius 3 is 2.44 bits per heavy atom. The van der Waals surface area contributed by atoms with Gasteiger partial charge in [-0.15, -0.1) is 0 Å². The molecule has 1 amide bonds. The number of carbonyl (C=O) groups is 3. The number of fused-ring (bicyclic) bond motifs is 5. The predicted molar refractivity (Wildman–Crippen MR) is 153 cm³/mol. The molecule has 7 heteroatoms. The Morgan fingerprint density at radius 2 is 1.73 bits per heavy atom. The lowest BCUT2D eigenvalue weighted by molar-refractivity contribution is -0.144. The van der Waals surface area contributed by atoms with Crippen LogP contribution in [0.2, 0.25) is 0 Å². The molecule has 0 radical (unpaired) electrons. The van der Waals surface area contributed by atoms with E-state index in [9.17, 15) is 14.4 Å². The normalized spacial score (nSPS) is 35.4. The van der Waals surface area contributed by atoms with Gasteiger partial charge in [-0.2, -0.15) is 0 Å². The number of nitrogens with one attached hydrogen (secondary N) is 1. The summed E-state index contributed by atoms with van der Waals surface area (Å²) in [4.78, 5) is 37.2. The van der Waals surface area contributed by atoms with Gasteiger partial charge in [-0.25, -0.2) is 9.59 Å². The maximum absolute atomic E-state index is 12.7. The van der Waals surface area contributed by atoms with Gasteiger partial charge in [0.1, 0.15) is 12.2 Å². The highest BCUT2D eigenvalue weighted by Gasteiger charge is 2.59. The zero-order valence-corrected chi connectivity index (χ0v) is 24.5. The molecule has 1 aliphatic heterocycles. The average molecular weight is 560 g/mol. The third-order valence-corrected chi connectivity index (χ3v) is 10.7. The highest BCUT2D eigenvalue weighted by atomic mass is 16.6. The van der Waals surface area contributed by atoms with E-state index in [0.717, 1.165) is 56.2 Å². The largest absolute Gasteiger partial charge is 0.474 e. The van der Waals surface area contributed by atoms with Crippen molar-refractivity contribution in [2.24, 2.45) is 28.6 Å². The van der Waals surface area contributed by atoms with Crippen molar-refractivity contribution in [2.45, 2.75) is 84.8 Å². The molecule has 7 nitrogen and oxygen atoms in total. The highest BCUT2D eigenvalue weighted by molar-refractivity contribution is 5.89. The topological polar surface area (TPSA) is 90.9 Å². The van der Waals surface area contributed by atoms with Gasteiger partial charge in [0.15, 0.2) is 0 Å². The minimum absolute atomic E-state index is 0.0726. The fourth-order valence-electron chi connectivity index (χ4n) is 8.66. The number of amides is 1. The van der Waals surface area contributed by atoms with Gasteiger partial charge >= 0.3 is 11.9 Å². The van der Waals surface area contributed by atoms with E-state index in [2.05, 4.69) is 25.2 Å². The Morgan fingerprint density at radius 1 is 1.00 bits per heavy atom. The summed E-state index contributed by atoms with van der Waals surface area (Å²) in [6, 6.07) is 9.24. The van der Waals surface area contributed by atoms with Crippen LogP contribution in [0.3, 0.4) is 0 Å². The maximum atomic E-state index is 12.7. The van der Waals surface area contributed by atoms with E-state index in [1.54, 1.807) is 26.0 Å². The second-order valence-electron chi connectivity index (χ2n) is 12.9. The first-order chi connectivity index (χ1) is 19.6. The Bertz CT molecular complexity index is 1340. The number of esters is 2. The Balaban J connectivity index is 1.21. The van der Waals surface area contributed by atoms with E-state index in [1.807, 2.05) is 24.3 Å². The number of ether oxygens (including phenoxy) is 3.